The molecule has 0 radical (unpaired) electrons. The van der Waals surface area contributed by atoms with E-state index in [-0.39, 0.29) is 10.6 Å². The molecule has 0 aromatic heterocycles. The topological polar surface area (TPSA) is 35.4 Å². The predicted molar refractivity (Wildman–Crippen MR) is 66.9 cm³/mol. The fourth-order valence-electron chi connectivity index (χ4n) is 0.920. The molecule has 6 heteroatoms. The molecular weight excluding hydrogens is 268 g/mol. The zero-order valence-electron chi connectivity index (χ0n) is 9.63. The molecule has 0 N–H and O–H groups in total. The monoisotopic (exact) mass is 279 g/mol. The smallest absolute Gasteiger partial charge is 0.153 e. The molecule has 17 heavy (non-hydrogen) atoms. The molecule has 1 rings (SSSR count). The summed E-state index contributed by atoms with van der Waals surface area (Å²) in [5, 5.41) is -0.200. The first kappa shape index (κ1) is 14.4. The van der Waals surface area contributed by atoms with E-state index in [4.69, 9.17) is 11.6 Å². The minimum absolute atomic E-state index is 0.200. The van der Waals surface area contributed by atoms with Gasteiger partial charge in [-0.15, -0.1) is 0 Å². The largest absolute Gasteiger partial charge is 0.591 e. The van der Waals surface area contributed by atoms with Gasteiger partial charge in [0, 0.05) is 0 Å². The Morgan fingerprint density at radius 1 is 1.35 bits per heavy atom. The third-order valence-corrected chi connectivity index (χ3v) is 3.52. The first-order valence-corrected chi connectivity index (χ1v) is 6.31. The summed E-state index contributed by atoms with van der Waals surface area (Å²) in [7, 11) is 0. The van der Waals surface area contributed by atoms with Gasteiger partial charge in [-0.1, -0.05) is 16.0 Å². The Balaban J connectivity index is 3.04. The average Bonchev–Trinajstić information content (AvgIpc) is 2.22. The van der Waals surface area contributed by atoms with E-state index in [1.807, 2.05) is 0 Å². The Morgan fingerprint density at radius 2 is 1.94 bits per heavy atom. The van der Waals surface area contributed by atoms with Gasteiger partial charge >= 0.3 is 0 Å². The van der Waals surface area contributed by atoms with Crippen LogP contribution in [0.4, 0.5) is 8.78 Å². The molecule has 0 amide bonds. The van der Waals surface area contributed by atoms with Crippen LogP contribution in [0.25, 0.3) is 0 Å². The Kier molecular flexibility index (Phi) is 4.52. The fourth-order valence-corrected chi connectivity index (χ4v) is 1.60. The quantitative estimate of drug-likeness (QED) is 0.464. The molecule has 0 aliphatic heterocycles. The van der Waals surface area contributed by atoms with Gasteiger partial charge in [-0.2, -0.15) is 0 Å². The van der Waals surface area contributed by atoms with E-state index in [1.54, 1.807) is 20.8 Å². The summed E-state index contributed by atoms with van der Waals surface area (Å²) in [5.74, 6) is -1.69. The van der Waals surface area contributed by atoms with Crippen LogP contribution >= 0.6 is 11.6 Å². The molecule has 0 bridgehead atoms. The second-order valence-corrected chi connectivity index (χ2v) is 6.69. The highest BCUT2D eigenvalue weighted by Crippen LogP contribution is 2.21. The Bertz CT molecular complexity index is 446. The van der Waals surface area contributed by atoms with Crippen LogP contribution in [-0.4, -0.2) is 15.5 Å². The van der Waals surface area contributed by atoms with Crippen LogP contribution < -0.4 is 0 Å². The summed E-state index contributed by atoms with van der Waals surface area (Å²) >= 11 is 3.94. The van der Waals surface area contributed by atoms with E-state index >= 15 is 0 Å². The number of rotatable bonds is 2. The van der Waals surface area contributed by atoms with Crippen LogP contribution in [0, 0.1) is 11.6 Å². The highest BCUT2D eigenvalue weighted by molar-refractivity contribution is 7.91. The van der Waals surface area contributed by atoms with Gasteiger partial charge in [0.15, 0.2) is 5.82 Å². The highest BCUT2D eigenvalue weighted by atomic mass is 35.5. The van der Waals surface area contributed by atoms with Crippen LogP contribution in [0.3, 0.4) is 0 Å². The van der Waals surface area contributed by atoms with Gasteiger partial charge in [0.25, 0.3) is 0 Å². The van der Waals surface area contributed by atoms with Crippen molar-refractivity contribution in [1.82, 2.24) is 0 Å². The zero-order valence-corrected chi connectivity index (χ0v) is 11.2. The van der Waals surface area contributed by atoms with E-state index in [9.17, 15) is 13.3 Å². The molecule has 0 saturated heterocycles. The molecule has 2 nitrogen and oxygen atoms in total. The van der Waals surface area contributed by atoms with Crippen LogP contribution in [-0.2, 0) is 11.4 Å². The predicted octanol–water partition coefficient (Wildman–Crippen LogP) is 3.50. The van der Waals surface area contributed by atoms with Crippen molar-refractivity contribution in [3.05, 3.63) is 34.4 Å². The molecule has 0 aliphatic rings. The molecule has 1 aromatic rings. The van der Waals surface area contributed by atoms with E-state index in [0.717, 1.165) is 18.3 Å². The highest BCUT2D eigenvalue weighted by Gasteiger charge is 2.26. The van der Waals surface area contributed by atoms with Crippen molar-refractivity contribution in [3.63, 3.8) is 0 Å². The van der Waals surface area contributed by atoms with Crippen LogP contribution in [0.5, 0.6) is 0 Å². The van der Waals surface area contributed by atoms with Gasteiger partial charge in [0.05, 0.1) is 16.8 Å². The molecular formula is C11H12ClF2NOS. The summed E-state index contributed by atoms with van der Waals surface area (Å²) in [5.41, 5.74) is -0.380. The third-order valence-electron chi connectivity index (χ3n) is 1.88. The summed E-state index contributed by atoms with van der Waals surface area (Å²) in [6.45, 7) is 5.14. The lowest BCUT2D eigenvalue weighted by atomic mass is 10.2. The second-order valence-electron chi connectivity index (χ2n) is 4.35. The van der Waals surface area contributed by atoms with Crippen molar-refractivity contribution in [3.8, 4) is 0 Å². The van der Waals surface area contributed by atoms with E-state index in [1.165, 1.54) is 0 Å². The van der Waals surface area contributed by atoms with Gasteiger partial charge in [0.2, 0.25) is 0 Å². The lowest BCUT2D eigenvalue weighted by molar-refractivity contribution is 0.561. The Labute approximate surface area is 107 Å². The maximum atomic E-state index is 13.4. The standard InChI is InChI=1S/C11H12ClF2NOS/c1-11(2,3)17(16)15-6-7-9(13)5-4-8(12)10(7)14/h4-6H,1-3H3/b15-6+. The van der Waals surface area contributed by atoms with Gasteiger partial charge in [-0.05, 0) is 32.9 Å². The normalized spacial score (nSPS) is 14.3. The lowest BCUT2D eigenvalue weighted by Gasteiger charge is -2.17. The molecule has 1 atom stereocenters. The molecule has 94 valence electrons. The fraction of sp³-hybridized carbons (Fsp3) is 0.364. The Morgan fingerprint density at radius 3 is 2.47 bits per heavy atom. The van der Waals surface area contributed by atoms with Gasteiger partial charge in [-0.25, -0.2) is 8.78 Å². The Hall–Kier alpha value is -0.650. The summed E-state index contributed by atoms with van der Waals surface area (Å²) in [4.78, 5) is 0. The van der Waals surface area contributed by atoms with Crippen molar-refractivity contribution in [2.45, 2.75) is 25.5 Å². The number of hydrogen-bond donors (Lipinski definition) is 0. The summed E-state index contributed by atoms with van der Waals surface area (Å²) < 4.78 is 41.4. The second kappa shape index (κ2) is 5.33. The summed E-state index contributed by atoms with van der Waals surface area (Å²) in [6, 6.07) is 2.15. The van der Waals surface area contributed by atoms with Crippen molar-refractivity contribution in [2.75, 3.05) is 0 Å². The molecule has 0 spiro atoms. The van der Waals surface area contributed by atoms with E-state index in [2.05, 4.69) is 4.40 Å². The van der Waals surface area contributed by atoms with E-state index < -0.39 is 27.7 Å². The lowest BCUT2D eigenvalue weighted by Crippen LogP contribution is -2.25. The van der Waals surface area contributed by atoms with Crippen molar-refractivity contribution in [2.24, 2.45) is 4.40 Å². The third kappa shape index (κ3) is 3.66. The maximum absolute atomic E-state index is 13.4. The number of hydrogen-bond acceptors (Lipinski definition) is 2. The van der Waals surface area contributed by atoms with Gasteiger partial charge < -0.3 is 4.55 Å². The van der Waals surface area contributed by atoms with Crippen LogP contribution in [0.2, 0.25) is 5.02 Å². The summed E-state index contributed by atoms with van der Waals surface area (Å²) in [6.07, 6.45) is 0.915. The van der Waals surface area contributed by atoms with Crippen LogP contribution in [0.1, 0.15) is 26.3 Å². The molecule has 1 aromatic carbocycles. The first-order valence-electron chi connectivity index (χ1n) is 4.83. The molecule has 0 saturated carbocycles. The van der Waals surface area contributed by atoms with Crippen molar-refractivity contribution >= 4 is 29.2 Å². The number of halogens is 3. The minimum atomic E-state index is -1.57. The maximum Gasteiger partial charge on any atom is 0.153 e. The first-order chi connectivity index (χ1) is 7.73. The van der Waals surface area contributed by atoms with Crippen molar-refractivity contribution < 1.29 is 13.3 Å². The number of benzene rings is 1. The zero-order chi connectivity index (χ0) is 13.2. The average molecular weight is 280 g/mol. The molecule has 0 aliphatic carbocycles. The molecule has 0 heterocycles. The molecule has 0 fully saturated rings. The van der Waals surface area contributed by atoms with Crippen LogP contribution in [0.15, 0.2) is 16.5 Å². The minimum Gasteiger partial charge on any atom is -0.591 e. The SMILES string of the molecule is CC(C)(C)[S+]([O-])/N=C/c1c(F)ccc(Cl)c1F. The van der Waals surface area contributed by atoms with Gasteiger partial charge in [0.1, 0.15) is 21.9 Å². The van der Waals surface area contributed by atoms with Gasteiger partial charge in [-0.3, -0.25) is 0 Å². The van der Waals surface area contributed by atoms with Crippen molar-refractivity contribution in [1.29, 1.82) is 0 Å². The van der Waals surface area contributed by atoms with E-state index in [0.29, 0.717) is 0 Å². The molecule has 1 unspecified atom stereocenters. The number of nitrogens with zero attached hydrogens (tertiary/aromatic N) is 1.